The third-order valence-corrected chi connectivity index (χ3v) is 1.77. The highest BCUT2D eigenvalue weighted by atomic mass is 19.3. The summed E-state index contributed by atoms with van der Waals surface area (Å²) < 4.78 is 25.0. The summed E-state index contributed by atoms with van der Waals surface area (Å²) in [4.78, 5) is 23.4. The lowest BCUT2D eigenvalue weighted by Gasteiger charge is -2.05. The molecule has 1 heterocycles. The predicted molar refractivity (Wildman–Crippen MR) is 47.5 cm³/mol. The maximum absolute atomic E-state index is 12.5. The van der Waals surface area contributed by atoms with Gasteiger partial charge in [0.05, 0.1) is 10.5 Å². The normalized spacial score (nSPS) is 10.5. The number of nitro groups is 1. The van der Waals surface area contributed by atoms with E-state index in [1.807, 2.05) is 0 Å². The number of pyridine rings is 1. The van der Waals surface area contributed by atoms with Crippen LogP contribution in [0.15, 0.2) is 6.07 Å². The molecule has 0 atom stereocenters. The second-order valence-corrected chi connectivity index (χ2v) is 2.91. The molecular weight excluding hydrogens is 226 g/mol. The number of hydrogen-bond donors (Lipinski definition) is 1. The molecule has 0 aliphatic heterocycles. The average Bonchev–Trinajstić information content (AvgIpc) is 2.15. The van der Waals surface area contributed by atoms with E-state index < -0.39 is 34.3 Å². The van der Waals surface area contributed by atoms with Crippen molar-refractivity contribution in [1.29, 1.82) is 0 Å². The predicted octanol–water partition coefficient (Wildman–Crippen LogP) is 1.93. The fraction of sp³-hybridized carbons (Fsp3) is 0.250. The summed E-state index contributed by atoms with van der Waals surface area (Å²) in [7, 11) is 0. The molecule has 0 unspecified atom stereocenters. The van der Waals surface area contributed by atoms with Crippen LogP contribution in [0.1, 0.15) is 28.2 Å². The first kappa shape index (κ1) is 12.0. The molecule has 0 amide bonds. The molecule has 0 fully saturated rings. The minimum absolute atomic E-state index is 0.0155. The Hall–Kier alpha value is -2.12. The summed E-state index contributed by atoms with van der Waals surface area (Å²) in [5.74, 6) is -1.71. The maximum atomic E-state index is 12.5. The van der Waals surface area contributed by atoms with E-state index in [2.05, 4.69) is 4.98 Å². The summed E-state index contributed by atoms with van der Waals surface area (Å²) in [5.41, 5.74) is -3.08. The van der Waals surface area contributed by atoms with E-state index in [-0.39, 0.29) is 5.69 Å². The summed E-state index contributed by atoms with van der Waals surface area (Å²) >= 11 is 0. The van der Waals surface area contributed by atoms with Gasteiger partial charge in [0, 0.05) is 5.69 Å². The lowest BCUT2D eigenvalue weighted by Crippen LogP contribution is -2.10. The van der Waals surface area contributed by atoms with E-state index in [4.69, 9.17) is 5.11 Å². The van der Waals surface area contributed by atoms with Gasteiger partial charge in [-0.15, -0.1) is 0 Å². The van der Waals surface area contributed by atoms with Gasteiger partial charge in [0.15, 0.2) is 0 Å². The number of carboxylic acids is 1. The van der Waals surface area contributed by atoms with E-state index >= 15 is 0 Å². The molecule has 0 bridgehead atoms. The lowest BCUT2D eigenvalue weighted by molar-refractivity contribution is -0.386. The number of carboxylic acid groups (broad SMARTS) is 1. The molecule has 0 aliphatic carbocycles. The van der Waals surface area contributed by atoms with Crippen molar-refractivity contribution >= 4 is 11.7 Å². The van der Waals surface area contributed by atoms with E-state index in [1.165, 1.54) is 6.92 Å². The fourth-order valence-electron chi connectivity index (χ4n) is 1.20. The monoisotopic (exact) mass is 232 g/mol. The van der Waals surface area contributed by atoms with Crippen LogP contribution in [-0.2, 0) is 0 Å². The Balaban J connectivity index is 3.60. The summed E-state index contributed by atoms with van der Waals surface area (Å²) in [5, 5.41) is 19.2. The van der Waals surface area contributed by atoms with Crippen LogP contribution in [0.4, 0.5) is 14.5 Å². The highest BCUT2D eigenvalue weighted by Gasteiger charge is 2.30. The molecule has 0 saturated carbocycles. The number of halogens is 2. The summed E-state index contributed by atoms with van der Waals surface area (Å²) in [6.45, 7) is 1.28. The van der Waals surface area contributed by atoms with Gasteiger partial charge in [-0.05, 0) is 13.0 Å². The second-order valence-electron chi connectivity index (χ2n) is 2.91. The van der Waals surface area contributed by atoms with Gasteiger partial charge in [-0.1, -0.05) is 0 Å². The van der Waals surface area contributed by atoms with E-state index in [0.29, 0.717) is 0 Å². The van der Waals surface area contributed by atoms with Gasteiger partial charge >= 0.3 is 11.7 Å². The quantitative estimate of drug-likeness (QED) is 0.634. The standard InChI is InChI=1S/C8H6F2N2O4/c1-3-2-4(7(9)10)6(12(15)16)5(11-3)8(13)14/h2,7H,1H3,(H,13,14). The SMILES string of the molecule is Cc1cc(C(F)F)c([N+](=O)[O-])c(C(=O)O)n1. The topological polar surface area (TPSA) is 93.3 Å². The van der Waals surface area contributed by atoms with Crippen LogP contribution in [0.3, 0.4) is 0 Å². The van der Waals surface area contributed by atoms with Crippen molar-refractivity contribution in [3.63, 3.8) is 0 Å². The highest BCUT2D eigenvalue weighted by molar-refractivity contribution is 5.90. The van der Waals surface area contributed by atoms with Gasteiger partial charge in [-0.3, -0.25) is 10.1 Å². The van der Waals surface area contributed by atoms with Crippen LogP contribution in [-0.4, -0.2) is 21.0 Å². The van der Waals surface area contributed by atoms with Gasteiger partial charge in [-0.2, -0.15) is 0 Å². The Morgan fingerprint density at radius 2 is 2.19 bits per heavy atom. The number of hydrogen-bond acceptors (Lipinski definition) is 4. The van der Waals surface area contributed by atoms with Crippen molar-refractivity contribution in [2.24, 2.45) is 0 Å². The first-order chi connectivity index (χ1) is 7.34. The van der Waals surface area contributed by atoms with Crippen molar-refractivity contribution in [2.45, 2.75) is 13.3 Å². The first-order valence-electron chi connectivity index (χ1n) is 4.02. The van der Waals surface area contributed by atoms with Crippen LogP contribution >= 0.6 is 0 Å². The number of aromatic carboxylic acids is 1. The number of aryl methyl sites for hydroxylation is 1. The van der Waals surface area contributed by atoms with Gasteiger partial charge < -0.3 is 5.11 Å². The van der Waals surface area contributed by atoms with Crippen molar-refractivity contribution in [3.8, 4) is 0 Å². The molecular formula is C8H6F2N2O4. The third kappa shape index (κ3) is 2.10. The molecule has 1 rings (SSSR count). The smallest absolute Gasteiger partial charge is 0.361 e. The number of nitrogens with zero attached hydrogens (tertiary/aromatic N) is 2. The van der Waals surface area contributed by atoms with Gasteiger partial charge in [0.25, 0.3) is 6.43 Å². The maximum Gasteiger partial charge on any atom is 0.361 e. The highest BCUT2D eigenvalue weighted by Crippen LogP contribution is 2.31. The molecule has 0 saturated heterocycles. The van der Waals surface area contributed by atoms with Crippen LogP contribution < -0.4 is 0 Å². The number of rotatable bonds is 3. The Kier molecular flexibility index (Phi) is 3.11. The van der Waals surface area contributed by atoms with Gasteiger partial charge in [0.2, 0.25) is 5.69 Å². The summed E-state index contributed by atoms with van der Waals surface area (Å²) in [6.07, 6.45) is -3.12. The van der Waals surface area contributed by atoms with Crippen molar-refractivity contribution in [3.05, 3.63) is 33.1 Å². The minimum atomic E-state index is -3.12. The van der Waals surface area contributed by atoms with E-state index in [1.54, 1.807) is 0 Å². The van der Waals surface area contributed by atoms with Crippen molar-refractivity contribution < 1.29 is 23.6 Å². The van der Waals surface area contributed by atoms with Gasteiger partial charge in [0.1, 0.15) is 0 Å². The molecule has 0 radical (unpaired) electrons. The molecule has 0 aliphatic rings. The number of alkyl halides is 2. The van der Waals surface area contributed by atoms with Crippen LogP contribution in [0.2, 0.25) is 0 Å². The Morgan fingerprint density at radius 3 is 2.56 bits per heavy atom. The summed E-state index contributed by atoms with van der Waals surface area (Å²) in [6, 6.07) is 0.801. The van der Waals surface area contributed by atoms with Crippen LogP contribution in [0.5, 0.6) is 0 Å². The number of aromatic nitrogens is 1. The Bertz CT molecular complexity index is 462. The Morgan fingerprint density at radius 1 is 1.62 bits per heavy atom. The van der Waals surface area contributed by atoms with E-state index in [0.717, 1.165) is 6.07 Å². The zero-order valence-electron chi connectivity index (χ0n) is 7.98. The molecule has 0 spiro atoms. The van der Waals surface area contributed by atoms with E-state index in [9.17, 15) is 23.7 Å². The van der Waals surface area contributed by atoms with Crippen molar-refractivity contribution in [2.75, 3.05) is 0 Å². The molecule has 1 aromatic rings. The number of carbonyl (C=O) groups is 1. The van der Waals surface area contributed by atoms with Gasteiger partial charge in [-0.25, -0.2) is 18.6 Å². The molecule has 16 heavy (non-hydrogen) atoms. The minimum Gasteiger partial charge on any atom is -0.476 e. The molecule has 8 heteroatoms. The second kappa shape index (κ2) is 4.17. The molecule has 6 nitrogen and oxygen atoms in total. The molecule has 86 valence electrons. The largest absolute Gasteiger partial charge is 0.476 e. The molecule has 0 aromatic carbocycles. The molecule has 1 aromatic heterocycles. The zero-order chi connectivity index (χ0) is 12.5. The first-order valence-corrected chi connectivity index (χ1v) is 4.02. The fourth-order valence-corrected chi connectivity index (χ4v) is 1.20. The zero-order valence-corrected chi connectivity index (χ0v) is 7.98. The third-order valence-electron chi connectivity index (χ3n) is 1.77. The van der Waals surface area contributed by atoms with Crippen molar-refractivity contribution in [1.82, 2.24) is 4.98 Å². The van der Waals surface area contributed by atoms with Crippen LogP contribution in [0, 0.1) is 17.0 Å². The average molecular weight is 232 g/mol. The van der Waals surface area contributed by atoms with Crippen LogP contribution in [0.25, 0.3) is 0 Å². The Labute approximate surface area is 87.7 Å². The lowest BCUT2D eigenvalue weighted by atomic mass is 10.1. The molecule has 1 N–H and O–H groups in total.